The number of hydrogen-bond acceptors (Lipinski definition) is 3. The van der Waals surface area contributed by atoms with Crippen molar-refractivity contribution >= 4 is 15.9 Å². The Bertz CT molecular complexity index is 284. The topological polar surface area (TPSA) is 64.9 Å². The molecule has 0 spiro atoms. The molecular weight excluding hydrogens is 242 g/mol. The molecule has 78 valence electrons. The third kappa shape index (κ3) is 2.77. The van der Waals surface area contributed by atoms with Crippen LogP contribution in [0.1, 0.15) is 25.5 Å². The van der Waals surface area contributed by atoms with E-state index in [0.717, 1.165) is 10.2 Å². The number of nitrogens with zero attached hydrogens (tertiary/aromatic N) is 1. The van der Waals surface area contributed by atoms with Crippen LogP contribution in [-0.2, 0) is 0 Å². The monoisotopic (exact) mass is 257 g/mol. The molecule has 0 bridgehead atoms. The van der Waals surface area contributed by atoms with Crippen molar-refractivity contribution in [2.75, 3.05) is 0 Å². The Kier molecular flexibility index (Phi) is 4.04. The molecule has 2 atom stereocenters. The highest BCUT2D eigenvalue weighted by atomic mass is 79.9. The molecule has 2 unspecified atom stereocenters. The lowest BCUT2D eigenvalue weighted by molar-refractivity contribution is 0.422. The summed E-state index contributed by atoms with van der Waals surface area (Å²) in [5.41, 5.74) is 13.0. The minimum atomic E-state index is -0.143. The van der Waals surface area contributed by atoms with Crippen molar-refractivity contribution in [1.29, 1.82) is 0 Å². The third-order valence-electron chi connectivity index (χ3n) is 2.32. The van der Waals surface area contributed by atoms with E-state index in [-0.39, 0.29) is 12.1 Å². The quantitative estimate of drug-likeness (QED) is 0.813. The first-order chi connectivity index (χ1) is 6.52. The minimum Gasteiger partial charge on any atom is -0.326 e. The fraction of sp³-hybridized carbons (Fsp3) is 0.500. The first-order valence-electron chi connectivity index (χ1n) is 4.65. The third-order valence-corrected chi connectivity index (χ3v) is 2.79. The summed E-state index contributed by atoms with van der Waals surface area (Å²) in [6.45, 7) is 4.13. The summed E-state index contributed by atoms with van der Waals surface area (Å²) in [7, 11) is 0. The first-order valence-corrected chi connectivity index (χ1v) is 5.44. The van der Waals surface area contributed by atoms with Crippen molar-refractivity contribution in [3.05, 3.63) is 28.5 Å². The van der Waals surface area contributed by atoms with Gasteiger partial charge in [0, 0.05) is 18.3 Å². The van der Waals surface area contributed by atoms with Gasteiger partial charge in [-0.05, 0) is 33.5 Å². The summed E-state index contributed by atoms with van der Waals surface area (Å²) < 4.78 is 0.812. The van der Waals surface area contributed by atoms with Crippen molar-refractivity contribution in [1.82, 2.24) is 4.98 Å². The average Bonchev–Trinajstić information content (AvgIpc) is 2.16. The SMILES string of the molecule is CC(C)C(N)C(N)c1ccc(Br)nc1. The van der Waals surface area contributed by atoms with Crippen LogP contribution >= 0.6 is 15.9 Å². The molecule has 0 fully saturated rings. The molecule has 1 rings (SSSR count). The van der Waals surface area contributed by atoms with Gasteiger partial charge in [0.1, 0.15) is 4.60 Å². The second-order valence-electron chi connectivity index (χ2n) is 3.76. The van der Waals surface area contributed by atoms with E-state index in [9.17, 15) is 0 Å². The number of halogens is 1. The number of rotatable bonds is 3. The van der Waals surface area contributed by atoms with E-state index in [2.05, 4.69) is 34.8 Å². The molecule has 14 heavy (non-hydrogen) atoms. The predicted octanol–water partition coefficient (Wildman–Crippen LogP) is 1.83. The molecule has 0 aliphatic heterocycles. The van der Waals surface area contributed by atoms with Crippen molar-refractivity contribution in [2.45, 2.75) is 25.9 Å². The van der Waals surface area contributed by atoms with Gasteiger partial charge in [0.25, 0.3) is 0 Å². The predicted molar refractivity (Wildman–Crippen MR) is 61.7 cm³/mol. The molecular formula is C10H16BrN3. The van der Waals surface area contributed by atoms with Crippen LogP contribution in [0.4, 0.5) is 0 Å². The zero-order chi connectivity index (χ0) is 10.7. The Hall–Kier alpha value is -0.450. The Morgan fingerprint density at radius 1 is 1.29 bits per heavy atom. The van der Waals surface area contributed by atoms with Crippen LogP contribution < -0.4 is 11.5 Å². The molecule has 0 saturated heterocycles. The molecule has 3 nitrogen and oxygen atoms in total. The van der Waals surface area contributed by atoms with Gasteiger partial charge < -0.3 is 11.5 Å². The zero-order valence-electron chi connectivity index (χ0n) is 8.44. The van der Waals surface area contributed by atoms with E-state index in [1.807, 2.05) is 12.1 Å². The summed E-state index contributed by atoms with van der Waals surface area (Å²) in [6.07, 6.45) is 1.76. The fourth-order valence-corrected chi connectivity index (χ4v) is 1.46. The van der Waals surface area contributed by atoms with Gasteiger partial charge in [-0.2, -0.15) is 0 Å². The standard InChI is InChI=1S/C10H16BrN3/c1-6(2)9(12)10(13)7-3-4-8(11)14-5-7/h3-6,9-10H,12-13H2,1-2H3. The summed E-state index contributed by atoms with van der Waals surface area (Å²) in [5.74, 6) is 0.369. The van der Waals surface area contributed by atoms with Crippen LogP contribution in [0.2, 0.25) is 0 Å². The summed E-state index contributed by atoms with van der Waals surface area (Å²) in [4.78, 5) is 4.12. The maximum Gasteiger partial charge on any atom is 0.106 e. The highest BCUT2D eigenvalue weighted by molar-refractivity contribution is 9.10. The first kappa shape index (κ1) is 11.6. The van der Waals surface area contributed by atoms with Crippen LogP contribution in [0, 0.1) is 5.92 Å². The maximum atomic E-state index is 6.01. The van der Waals surface area contributed by atoms with E-state index in [0.29, 0.717) is 5.92 Å². The summed E-state index contributed by atoms with van der Waals surface area (Å²) in [6, 6.07) is 3.65. The Balaban J connectivity index is 2.78. The molecule has 0 amide bonds. The highest BCUT2D eigenvalue weighted by Crippen LogP contribution is 2.18. The molecule has 1 aromatic rings. The van der Waals surface area contributed by atoms with Gasteiger partial charge in [-0.3, -0.25) is 0 Å². The normalized spacial score (nSPS) is 15.6. The van der Waals surface area contributed by atoms with Crippen LogP contribution in [0.15, 0.2) is 22.9 Å². The highest BCUT2D eigenvalue weighted by Gasteiger charge is 2.18. The van der Waals surface area contributed by atoms with E-state index in [4.69, 9.17) is 11.5 Å². The molecule has 4 heteroatoms. The number of pyridine rings is 1. The molecule has 0 aliphatic carbocycles. The van der Waals surface area contributed by atoms with Gasteiger partial charge in [-0.25, -0.2) is 4.98 Å². The molecule has 1 heterocycles. The smallest absolute Gasteiger partial charge is 0.106 e. The number of hydrogen-bond donors (Lipinski definition) is 2. The number of aromatic nitrogens is 1. The van der Waals surface area contributed by atoms with Crippen LogP contribution in [0.3, 0.4) is 0 Å². The molecule has 0 aliphatic rings. The minimum absolute atomic E-state index is 0.0297. The van der Waals surface area contributed by atoms with Crippen molar-refractivity contribution in [3.63, 3.8) is 0 Å². The van der Waals surface area contributed by atoms with Crippen LogP contribution in [0.5, 0.6) is 0 Å². The average molecular weight is 258 g/mol. The van der Waals surface area contributed by atoms with Crippen molar-refractivity contribution < 1.29 is 0 Å². The van der Waals surface area contributed by atoms with Gasteiger partial charge >= 0.3 is 0 Å². The summed E-state index contributed by atoms with van der Waals surface area (Å²) >= 11 is 3.28. The van der Waals surface area contributed by atoms with E-state index in [1.165, 1.54) is 0 Å². The molecule has 0 aromatic carbocycles. The Morgan fingerprint density at radius 2 is 1.93 bits per heavy atom. The lowest BCUT2D eigenvalue weighted by Gasteiger charge is -2.23. The fourth-order valence-electron chi connectivity index (χ4n) is 1.22. The van der Waals surface area contributed by atoms with Crippen LogP contribution in [-0.4, -0.2) is 11.0 Å². The largest absolute Gasteiger partial charge is 0.326 e. The van der Waals surface area contributed by atoms with Crippen LogP contribution in [0.25, 0.3) is 0 Å². The molecule has 1 aromatic heterocycles. The molecule has 0 saturated carbocycles. The zero-order valence-corrected chi connectivity index (χ0v) is 10.0. The lowest BCUT2D eigenvalue weighted by atomic mass is 9.94. The van der Waals surface area contributed by atoms with Gasteiger partial charge in [-0.1, -0.05) is 19.9 Å². The molecule has 0 radical (unpaired) electrons. The second kappa shape index (κ2) is 4.87. The molecule has 4 N–H and O–H groups in total. The van der Waals surface area contributed by atoms with E-state index in [1.54, 1.807) is 6.20 Å². The lowest BCUT2D eigenvalue weighted by Crippen LogP contribution is -2.38. The van der Waals surface area contributed by atoms with Gasteiger partial charge in [0.2, 0.25) is 0 Å². The summed E-state index contributed by atoms with van der Waals surface area (Å²) in [5, 5.41) is 0. The van der Waals surface area contributed by atoms with Gasteiger partial charge in [0.15, 0.2) is 0 Å². The van der Waals surface area contributed by atoms with Crippen molar-refractivity contribution in [2.24, 2.45) is 17.4 Å². The van der Waals surface area contributed by atoms with E-state index >= 15 is 0 Å². The second-order valence-corrected chi connectivity index (χ2v) is 4.57. The maximum absolute atomic E-state index is 6.01. The van der Waals surface area contributed by atoms with Crippen molar-refractivity contribution in [3.8, 4) is 0 Å². The Labute approximate surface area is 93.0 Å². The number of nitrogens with two attached hydrogens (primary N) is 2. The van der Waals surface area contributed by atoms with E-state index < -0.39 is 0 Å². The van der Waals surface area contributed by atoms with Gasteiger partial charge in [-0.15, -0.1) is 0 Å². The van der Waals surface area contributed by atoms with Gasteiger partial charge in [0.05, 0.1) is 0 Å². The Morgan fingerprint density at radius 3 is 2.36 bits per heavy atom.